The Morgan fingerprint density at radius 2 is 2.00 bits per heavy atom. The molecule has 0 amide bonds. The molecule has 1 saturated heterocycles. The van der Waals surface area contributed by atoms with Gasteiger partial charge in [-0.2, -0.15) is 0 Å². The fourth-order valence-electron chi connectivity index (χ4n) is 3.99. The molecule has 0 aromatic carbocycles. The molecule has 0 bridgehead atoms. The van der Waals surface area contributed by atoms with Crippen LogP contribution in [0.3, 0.4) is 0 Å². The van der Waals surface area contributed by atoms with Gasteiger partial charge in [0.15, 0.2) is 0 Å². The van der Waals surface area contributed by atoms with Crippen molar-refractivity contribution in [2.75, 3.05) is 26.2 Å². The van der Waals surface area contributed by atoms with E-state index in [1.807, 2.05) is 0 Å². The zero-order chi connectivity index (χ0) is 13.9. The maximum Gasteiger partial charge on any atom is 0.0681 e. The number of piperidine rings is 1. The Bertz CT molecular complexity index is 272. The molecule has 0 aromatic rings. The molecule has 112 valence electrons. The van der Waals surface area contributed by atoms with Crippen LogP contribution >= 0.6 is 0 Å². The molecule has 19 heavy (non-hydrogen) atoms. The van der Waals surface area contributed by atoms with Crippen molar-refractivity contribution in [3.8, 4) is 0 Å². The van der Waals surface area contributed by atoms with Gasteiger partial charge in [0, 0.05) is 25.0 Å². The topological polar surface area (TPSA) is 32.7 Å². The molecule has 1 heterocycles. The van der Waals surface area contributed by atoms with E-state index in [0.29, 0.717) is 6.10 Å². The van der Waals surface area contributed by atoms with Gasteiger partial charge in [-0.1, -0.05) is 20.3 Å². The standard InChI is InChI=1S/C16H31NO2/c1-4-6-13(3)12-17-9-7-16(8-10-17)14(18)11-15(16)19-5-2/h13-15,18H,4-12H2,1-3H3. The Hall–Kier alpha value is -0.120. The fraction of sp³-hybridized carbons (Fsp3) is 1.00. The van der Waals surface area contributed by atoms with E-state index in [9.17, 15) is 5.11 Å². The van der Waals surface area contributed by atoms with Gasteiger partial charge in [0.05, 0.1) is 12.2 Å². The van der Waals surface area contributed by atoms with E-state index in [4.69, 9.17) is 4.74 Å². The predicted octanol–water partition coefficient (Wildman–Crippen LogP) is 2.67. The molecular formula is C16H31NO2. The van der Waals surface area contributed by atoms with Crippen LogP contribution in [0, 0.1) is 11.3 Å². The second-order valence-electron chi connectivity index (χ2n) is 6.62. The summed E-state index contributed by atoms with van der Waals surface area (Å²) in [4.78, 5) is 2.58. The van der Waals surface area contributed by atoms with Crippen LogP contribution in [-0.4, -0.2) is 48.5 Å². The minimum atomic E-state index is -0.126. The van der Waals surface area contributed by atoms with Crippen molar-refractivity contribution in [3.63, 3.8) is 0 Å². The molecule has 2 rings (SSSR count). The number of rotatable bonds is 6. The normalized spacial score (nSPS) is 32.2. The molecule has 2 aliphatic rings. The summed E-state index contributed by atoms with van der Waals surface area (Å²) in [6.07, 6.45) is 5.85. The zero-order valence-electron chi connectivity index (χ0n) is 12.9. The third-order valence-electron chi connectivity index (χ3n) is 5.25. The minimum absolute atomic E-state index is 0.0838. The van der Waals surface area contributed by atoms with Crippen molar-refractivity contribution in [1.29, 1.82) is 0 Å². The summed E-state index contributed by atoms with van der Waals surface area (Å²) in [5.41, 5.74) is 0.0838. The summed E-state index contributed by atoms with van der Waals surface area (Å²) in [6, 6.07) is 0. The lowest BCUT2D eigenvalue weighted by molar-refractivity contribution is -0.209. The molecule has 2 fully saturated rings. The van der Waals surface area contributed by atoms with E-state index in [1.54, 1.807) is 0 Å². The quantitative estimate of drug-likeness (QED) is 0.804. The van der Waals surface area contributed by atoms with Crippen LogP contribution in [0.2, 0.25) is 0 Å². The van der Waals surface area contributed by atoms with Crippen molar-refractivity contribution in [3.05, 3.63) is 0 Å². The van der Waals surface area contributed by atoms with E-state index in [2.05, 4.69) is 25.7 Å². The molecule has 1 aliphatic heterocycles. The molecule has 0 radical (unpaired) electrons. The van der Waals surface area contributed by atoms with E-state index in [-0.39, 0.29) is 11.5 Å². The number of nitrogens with zero attached hydrogens (tertiary/aromatic N) is 1. The van der Waals surface area contributed by atoms with Crippen LogP contribution in [0.4, 0.5) is 0 Å². The first-order valence-corrected chi connectivity index (χ1v) is 8.14. The summed E-state index contributed by atoms with van der Waals surface area (Å²) in [5, 5.41) is 10.2. The first kappa shape index (κ1) is 15.3. The first-order valence-electron chi connectivity index (χ1n) is 8.14. The fourth-order valence-corrected chi connectivity index (χ4v) is 3.99. The Morgan fingerprint density at radius 3 is 2.53 bits per heavy atom. The number of aliphatic hydroxyl groups excluding tert-OH is 1. The van der Waals surface area contributed by atoms with Crippen molar-refractivity contribution >= 4 is 0 Å². The highest BCUT2D eigenvalue weighted by molar-refractivity contribution is 5.06. The van der Waals surface area contributed by atoms with E-state index in [1.165, 1.54) is 19.4 Å². The van der Waals surface area contributed by atoms with Gasteiger partial charge in [0.2, 0.25) is 0 Å². The molecule has 3 nitrogen and oxygen atoms in total. The maximum absolute atomic E-state index is 10.2. The molecule has 1 saturated carbocycles. The average Bonchev–Trinajstić information content (AvgIpc) is 2.39. The highest BCUT2D eigenvalue weighted by Crippen LogP contribution is 2.50. The first-order chi connectivity index (χ1) is 9.12. The minimum Gasteiger partial charge on any atom is -0.392 e. The van der Waals surface area contributed by atoms with E-state index < -0.39 is 0 Å². The van der Waals surface area contributed by atoms with Gasteiger partial charge in [-0.25, -0.2) is 0 Å². The SMILES string of the molecule is CCCC(C)CN1CCC2(CC1)C(O)CC2OCC. The maximum atomic E-state index is 10.2. The average molecular weight is 269 g/mol. The molecule has 3 unspecified atom stereocenters. The zero-order valence-corrected chi connectivity index (χ0v) is 12.9. The van der Waals surface area contributed by atoms with Gasteiger partial charge in [-0.15, -0.1) is 0 Å². The third-order valence-corrected chi connectivity index (χ3v) is 5.25. The summed E-state index contributed by atoms with van der Waals surface area (Å²) in [6.45, 7) is 10.9. The van der Waals surface area contributed by atoms with Gasteiger partial charge < -0.3 is 14.7 Å². The Kier molecular flexibility index (Phi) is 5.27. The van der Waals surface area contributed by atoms with Crippen LogP contribution in [0.5, 0.6) is 0 Å². The monoisotopic (exact) mass is 269 g/mol. The van der Waals surface area contributed by atoms with Crippen LogP contribution < -0.4 is 0 Å². The number of aliphatic hydroxyl groups is 1. The summed E-state index contributed by atoms with van der Waals surface area (Å²) in [7, 11) is 0. The largest absolute Gasteiger partial charge is 0.392 e. The number of likely N-dealkylation sites (tertiary alicyclic amines) is 1. The van der Waals surface area contributed by atoms with Crippen LogP contribution in [0.25, 0.3) is 0 Å². The summed E-state index contributed by atoms with van der Waals surface area (Å²) < 4.78 is 5.82. The molecule has 0 aromatic heterocycles. The lowest BCUT2D eigenvalue weighted by atomic mass is 9.58. The molecule has 1 spiro atoms. The number of ether oxygens (including phenoxy) is 1. The van der Waals surface area contributed by atoms with Gasteiger partial charge in [0.25, 0.3) is 0 Å². The summed E-state index contributed by atoms with van der Waals surface area (Å²) >= 11 is 0. The Labute approximate surface area is 118 Å². The molecule has 3 heteroatoms. The smallest absolute Gasteiger partial charge is 0.0681 e. The number of hydrogen-bond donors (Lipinski definition) is 1. The summed E-state index contributed by atoms with van der Waals surface area (Å²) in [5.74, 6) is 0.799. The highest BCUT2D eigenvalue weighted by atomic mass is 16.5. The Balaban J connectivity index is 1.81. The van der Waals surface area contributed by atoms with E-state index in [0.717, 1.165) is 44.9 Å². The van der Waals surface area contributed by atoms with Crippen molar-refractivity contribution in [1.82, 2.24) is 4.90 Å². The molecule has 1 N–H and O–H groups in total. The van der Waals surface area contributed by atoms with Gasteiger partial charge >= 0.3 is 0 Å². The Morgan fingerprint density at radius 1 is 1.32 bits per heavy atom. The van der Waals surface area contributed by atoms with E-state index >= 15 is 0 Å². The van der Waals surface area contributed by atoms with Crippen molar-refractivity contribution < 1.29 is 9.84 Å². The van der Waals surface area contributed by atoms with Crippen LogP contribution in [-0.2, 0) is 4.74 Å². The molecule has 3 atom stereocenters. The molecule has 1 aliphatic carbocycles. The second-order valence-corrected chi connectivity index (χ2v) is 6.62. The number of hydrogen-bond acceptors (Lipinski definition) is 3. The van der Waals surface area contributed by atoms with Gasteiger partial charge in [-0.05, 0) is 45.2 Å². The second kappa shape index (κ2) is 6.55. The highest BCUT2D eigenvalue weighted by Gasteiger charge is 2.55. The molecular weight excluding hydrogens is 238 g/mol. The van der Waals surface area contributed by atoms with Crippen molar-refractivity contribution in [2.45, 2.75) is 65.1 Å². The lowest BCUT2D eigenvalue weighted by Crippen LogP contribution is -2.62. The van der Waals surface area contributed by atoms with Gasteiger partial charge in [-0.3, -0.25) is 0 Å². The van der Waals surface area contributed by atoms with Gasteiger partial charge in [0.1, 0.15) is 0 Å². The predicted molar refractivity (Wildman–Crippen MR) is 78.2 cm³/mol. The van der Waals surface area contributed by atoms with Crippen LogP contribution in [0.15, 0.2) is 0 Å². The van der Waals surface area contributed by atoms with Crippen molar-refractivity contribution in [2.24, 2.45) is 11.3 Å². The van der Waals surface area contributed by atoms with Crippen LogP contribution in [0.1, 0.15) is 52.9 Å². The lowest BCUT2D eigenvalue weighted by Gasteiger charge is -2.56. The third kappa shape index (κ3) is 3.14.